The van der Waals surface area contributed by atoms with Crippen LogP contribution in [0.3, 0.4) is 0 Å². The van der Waals surface area contributed by atoms with Crippen molar-refractivity contribution in [1.29, 1.82) is 0 Å². The minimum atomic E-state index is 0.781. The fourth-order valence-corrected chi connectivity index (χ4v) is 4.37. The Bertz CT molecular complexity index is 1150. The minimum Gasteiger partial charge on any atom is -0.456 e. The van der Waals surface area contributed by atoms with Crippen LogP contribution in [0.5, 0.6) is 0 Å². The first kappa shape index (κ1) is 11.6. The quantitative estimate of drug-likeness (QED) is 0.314. The van der Waals surface area contributed by atoms with Crippen molar-refractivity contribution >= 4 is 65.0 Å². The molecule has 3 heteroatoms. The molecule has 21 heavy (non-hydrogen) atoms. The Morgan fingerprint density at radius 2 is 1.57 bits per heavy atom. The van der Waals surface area contributed by atoms with Gasteiger partial charge in [0.1, 0.15) is 11.2 Å². The van der Waals surface area contributed by atoms with Crippen LogP contribution in [-0.4, -0.2) is 0 Å². The van der Waals surface area contributed by atoms with Crippen LogP contribution < -0.4 is 0 Å². The van der Waals surface area contributed by atoms with E-state index in [-0.39, 0.29) is 0 Å². The highest BCUT2D eigenvalue weighted by molar-refractivity contribution is 7.25. The highest BCUT2D eigenvalue weighted by atomic mass is 35.5. The summed E-state index contributed by atoms with van der Waals surface area (Å²) in [5.74, 6) is 0. The van der Waals surface area contributed by atoms with Gasteiger partial charge in [-0.3, -0.25) is 0 Å². The summed E-state index contributed by atoms with van der Waals surface area (Å²) in [5, 5.41) is 5.60. The molecule has 0 atom stereocenters. The molecule has 0 amide bonds. The molecule has 0 spiro atoms. The van der Waals surface area contributed by atoms with Crippen LogP contribution in [0.4, 0.5) is 0 Å². The summed E-state index contributed by atoms with van der Waals surface area (Å²) in [6.07, 6.45) is 0. The number of thiophene rings is 1. The monoisotopic (exact) mass is 308 g/mol. The fourth-order valence-electron chi connectivity index (χ4n) is 2.97. The van der Waals surface area contributed by atoms with Gasteiger partial charge in [-0.25, -0.2) is 0 Å². The lowest BCUT2D eigenvalue weighted by Crippen LogP contribution is -1.68. The van der Waals surface area contributed by atoms with Crippen LogP contribution in [0.1, 0.15) is 0 Å². The van der Waals surface area contributed by atoms with E-state index in [0.717, 1.165) is 16.2 Å². The molecule has 0 aliphatic rings. The van der Waals surface area contributed by atoms with Crippen LogP contribution >= 0.6 is 22.9 Å². The Morgan fingerprint density at radius 3 is 2.52 bits per heavy atom. The van der Waals surface area contributed by atoms with Gasteiger partial charge in [0, 0.05) is 36.0 Å². The van der Waals surface area contributed by atoms with Crippen molar-refractivity contribution in [2.45, 2.75) is 0 Å². The van der Waals surface area contributed by atoms with Crippen molar-refractivity contribution in [3.05, 3.63) is 59.6 Å². The third-order valence-electron chi connectivity index (χ3n) is 3.93. The first-order valence-corrected chi connectivity index (χ1v) is 7.92. The summed E-state index contributed by atoms with van der Waals surface area (Å²) in [5.41, 5.74) is 1.89. The zero-order valence-corrected chi connectivity index (χ0v) is 12.5. The molecule has 2 aromatic heterocycles. The molecule has 0 saturated heterocycles. The van der Waals surface area contributed by atoms with Gasteiger partial charge < -0.3 is 4.42 Å². The highest BCUT2D eigenvalue weighted by Gasteiger charge is 2.11. The van der Waals surface area contributed by atoms with E-state index >= 15 is 0 Å². The van der Waals surface area contributed by atoms with Crippen LogP contribution in [-0.2, 0) is 0 Å². The number of benzene rings is 3. The van der Waals surface area contributed by atoms with Crippen molar-refractivity contribution in [2.75, 3.05) is 0 Å². The summed E-state index contributed by atoms with van der Waals surface area (Å²) in [7, 11) is 0. The van der Waals surface area contributed by atoms with E-state index in [0.29, 0.717) is 0 Å². The van der Waals surface area contributed by atoms with Crippen LogP contribution in [0.2, 0.25) is 5.02 Å². The first-order valence-electron chi connectivity index (χ1n) is 6.73. The molecule has 0 aliphatic heterocycles. The summed E-state index contributed by atoms with van der Waals surface area (Å²) in [6, 6.07) is 18.6. The second-order valence-corrected chi connectivity index (χ2v) is 6.71. The minimum absolute atomic E-state index is 0.781. The summed E-state index contributed by atoms with van der Waals surface area (Å²) >= 11 is 7.87. The largest absolute Gasteiger partial charge is 0.456 e. The van der Waals surface area contributed by atoms with Gasteiger partial charge in [-0.1, -0.05) is 35.9 Å². The summed E-state index contributed by atoms with van der Waals surface area (Å²) in [4.78, 5) is 0. The van der Waals surface area contributed by atoms with Gasteiger partial charge in [-0.15, -0.1) is 11.3 Å². The lowest BCUT2D eigenvalue weighted by atomic mass is 10.1. The molecule has 0 saturated carbocycles. The molecule has 5 aromatic rings. The number of hydrogen-bond acceptors (Lipinski definition) is 2. The molecule has 5 rings (SSSR count). The number of halogens is 1. The Kier molecular flexibility index (Phi) is 2.21. The number of fused-ring (bicyclic) bond motifs is 6. The maximum absolute atomic E-state index is 6.10. The molecule has 100 valence electrons. The lowest BCUT2D eigenvalue weighted by Gasteiger charge is -1.93. The van der Waals surface area contributed by atoms with Gasteiger partial charge >= 0.3 is 0 Å². The lowest BCUT2D eigenvalue weighted by molar-refractivity contribution is 0.669. The number of para-hydroxylation sites is 1. The SMILES string of the molecule is Clc1ccc2c(c1)sc1cc3c(cc12)oc1ccccc13. The number of rotatable bonds is 0. The zero-order chi connectivity index (χ0) is 14.0. The standard InChI is InChI=1S/C18H9ClOS/c19-10-5-6-12-14-8-16-13(9-18(14)21-17(12)7-10)11-3-1-2-4-15(11)20-16/h1-9H. The average molecular weight is 309 g/mol. The zero-order valence-electron chi connectivity index (χ0n) is 10.9. The first-order chi connectivity index (χ1) is 10.3. The Hall–Kier alpha value is -2.03. The smallest absolute Gasteiger partial charge is 0.136 e. The third-order valence-corrected chi connectivity index (χ3v) is 5.28. The molecule has 1 nitrogen and oxygen atoms in total. The maximum atomic E-state index is 6.10. The Morgan fingerprint density at radius 1 is 0.714 bits per heavy atom. The van der Waals surface area contributed by atoms with Crippen molar-refractivity contribution in [3.63, 3.8) is 0 Å². The predicted molar refractivity (Wildman–Crippen MR) is 91.6 cm³/mol. The topological polar surface area (TPSA) is 13.1 Å². The van der Waals surface area contributed by atoms with Gasteiger partial charge in [-0.2, -0.15) is 0 Å². The molecule has 0 aliphatic carbocycles. The normalized spacial score (nSPS) is 12.0. The van der Waals surface area contributed by atoms with Crippen LogP contribution in [0, 0.1) is 0 Å². The molecule has 0 bridgehead atoms. The fraction of sp³-hybridized carbons (Fsp3) is 0. The van der Waals surface area contributed by atoms with E-state index in [9.17, 15) is 0 Å². The maximum Gasteiger partial charge on any atom is 0.136 e. The molecule has 0 fully saturated rings. The van der Waals surface area contributed by atoms with E-state index in [4.69, 9.17) is 16.0 Å². The summed E-state index contributed by atoms with van der Waals surface area (Å²) < 4.78 is 8.47. The third kappa shape index (κ3) is 1.57. The molecule has 2 heterocycles. The molecule has 3 aromatic carbocycles. The van der Waals surface area contributed by atoms with E-state index in [1.165, 1.54) is 30.9 Å². The second-order valence-electron chi connectivity index (χ2n) is 5.19. The van der Waals surface area contributed by atoms with Crippen molar-refractivity contribution in [2.24, 2.45) is 0 Å². The highest BCUT2D eigenvalue weighted by Crippen LogP contribution is 2.39. The van der Waals surface area contributed by atoms with E-state index in [1.807, 2.05) is 30.3 Å². The second kappa shape index (κ2) is 4.00. The van der Waals surface area contributed by atoms with Crippen molar-refractivity contribution < 1.29 is 4.42 Å². The molecular weight excluding hydrogens is 300 g/mol. The average Bonchev–Trinajstić information content (AvgIpc) is 3.01. The molecule has 0 unspecified atom stereocenters. The summed E-state index contributed by atoms with van der Waals surface area (Å²) in [6.45, 7) is 0. The van der Waals surface area contributed by atoms with Crippen molar-refractivity contribution in [3.8, 4) is 0 Å². The molecular formula is C18H9ClOS. The van der Waals surface area contributed by atoms with Gasteiger partial charge in [0.05, 0.1) is 0 Å². The van der Waals surface area contributed by atoms with Crippen LogP contribution in [0.25, 0.3) is 42.1 Å². The number of hydrogen-bond donors (Lipinski definition) is 0. The van der Waals surface area contributed by atoms with E-state index < -0.39 is 0 Å². The van der Waals surface area contributed by atoms with E-state index in [1.54, 1.807) is 11.3 Å². The Labute approximate surface area is 129 Å². The molecule has 0 N–H and O–H groups in total. The van der Waals surface area contributed by atoms with Crippen molar-refractivity contribution in [1.82, 2.24) is 0 Å². The van der Waals surface area contributed by atoms with Gasteiger partial charge in [0.15, 0.2) is 0 Å². The van der Waals surface area contributed by atoms with Gasteiger partial charge in [-0.05, 0) is 30.3 Å². The predicted octanol–water partition coefficient (Wildman–Crippen LogP) is 6.61. The number of furan rings is 1. The van der Waals surface area contributed by atoms with Gasteiger partial charge in [0.2, 0.25) is 0 Å². The van der Waals surface area contributed by atoms with E-state index in [2.05, 4.69) is 24.3 Å². The Balaban J connectivity index is 2.00. The van der Waals surface area contributed by atoms with Gasteiger partial charge in [0.25, 0.3) is 0 Å². The van der Waals surface area contributed by atoms with Crippen LogP contribution in [0.15, 0.2) is 59.0 Å². The molecule has 0 radical (unpaired) electrons.